The Morgan fingerprint density at radius 2 is 2.13 bits per heavy atom. The molecule has 15 heavy (non-hydrogen) atoms. The van der Waals surface area contributed by atoms with Gasteiger partial charge in [0.25, 0.3) is 0 Å². The van der Waals surface area contributed by atoms with Gasteiger partial charge in [-0.3, -0.25) is 10.1 Å². The molecule has 0 saturated carbocycles. The number of rotatable bonds is 3. The minimum atomic E-state index is -1.15. The van der Waals surface area contributed by atoms with E-state index in [1.54, 1.807) is 0 Å². The topological polar surface area (TPSA) is 111 Å². The lowest BCUT2D eigenvalue weighted by atomic mass is 10.2. The standard InChI is InChI=1S/C8H8N2O5/c11-8-2-1-6(3-4-9(12)13)5-7(8)10(14)15/h1-5,9,11-12H. The van der Waals surface area contributed by atoms with Crippen molar-refractivity contribution in [1.29, 1.82) is 0 Å². The van der Waals surface area contributed by atoms with Gasteiger partial charge in [-0.25, -0.2) is 10.4 Å². The second-order valence-corrected chi connectivity index (χ2v) is 2.68. The fourth-order valence-corrected chi connectivity index (χ4v) is 0.958. The molecule has 3 N–H and O–H groups in total. The molecule has 1 aromatic rings. The van der Waals surface area contributed by atoms with Crippen LogP contribution in [0.4, 0.5) is 5.69 Å². The third kappa shape index (κ3) is 3.02. The molecule has 0 amide bonds. The number of nitro benzene ring substituents is 1. The second kappa shape index (κ2) is 4.51. The van der Waals surface area contributed by atoms with Gasteiger partial charge in [-0.1, -0.05) is 6.07 Å². The fraction of sp³-hybridized carbons (Fsp3) is 0. The maximum Gasteiger partial charge on any atom is 0.311 e. The summed E-state index contributed by atoms with van der Waals surface area (Å²) >= 11 is 0. The Labute approximate surface area is 84.2 Å². The van der Waals surface area contributed by atoms with Gasteiger partial charge >= 0.3 is 5.69 Å². The first kappa shape index (κ1) is 11.1. The largest absolute Gasteiger partial charge is 0.595 e. The summed E-state index contributed by atoms with van der Waals surface area (Å²) in [7, 11) is 0. The Morgan fingerprint density at radius 1 is 1.47 bits per heavy atom. The minimum absolute atomic E-state index is 0.335. The number of phenolic OH excluding ortho intramolecular Hbond substituents is 1. The lowest BCUT2D eigenvalue weighted by molar-refractivity contribution is -1.00. The van der Waals surface area contributed by atoms with E-state index >= 15 is 0 Å². The molecule has 1 atom stereocenters. The number of hydroxylamine groups is 2. The maximum absolute atomic E-state index is 10.4. The van der Waals surface area contributed by atoms with Crippen molar-refractivity contribution in [1.82, 2.24) is 0 Å². The summed E-state index contributed by atoms with van der Waals surface area (Å²) in [5, 5.41) is 36.9. The van der Waals surface area contributed by atoms with Gasteiger partial charge in [0.05, 0.1) is 4.92 Å². The van der Waals surface area contributed by atoms with Gasteiger partial charge < -0.3 is 10.3 Å². The highest BCUT2D eigenvalue weighted by molar-refractivity contribution is 5.57. The predicted molar refractivity (Wildman–Crippen MR) is 49.9 cm³/mol. The summed E-state index contributed by atoms with van der Waals surface area (Å²) in [5.41, 5.74) is -0.121. The minimum Gasteiger partial charge on any atom is -0.595 e. The van der Waals surface area contributed by atoms with Crippen molar-refractivity contribution in [3.8, 4) is 5.75 Å². The Balaban J connectivity index is 3.03. The summed E-state index contributed by atoms with van der Waals surface area (Å²) in [6, 6.07) is 3.61. The van der Waals surface area contributed by atoms with Gasteiger partial charge in [0, 0.05) is 12.1 Å². The molecule has 0 heterocycles. The summed E-state index contributed by atoms with van der Waals surface area (Å²) < 4.78 is 0. The van der Waals surface area contributed by atoms with Crippen LogP contribution in [-0.4, -0.2) is 15.2 Å². The molecule has 7 heteroatoms. The normalized spacial score (nSPS) is 12.9. The Kier molecular flexibility index (Phi) is 3.34. The fourth-order valence-electron chi connectivity index (χ4n) is 0.958. The van der Waals surface area contributed by atoms with E-state index in [-0.39, 0.29) is 0 Å². The molecule has 0 spiro atoms. The molecule has 0 saturated heterocycles. The van der Waals surface area contributed by atoms with Crippen molar-refractivity contribution in [2.75, 3.05) is 0 Å². The summed E-state index contributed by atoms with van der Waals surface area (Å²) in [6.07, 6.45) is 2.06. The number of hydrogen-bond acceptors (Lipinski definition) is 5. The van der Waals surface area contributed by atoms with Crippen LogP contribution in [0, 0.1) is 15.3 Å². The molecule has 80 valence electrons. The molecular weight excluding hydrogens is 204 g/mol. The quantitative estimate of drug-likeness (QED) is 0.484. The Morgan fingerprint density at radius 3 is 2.67 bits per heavy atom. The van der Waals surface area contributed by atoms with Crippen molar-refractivity contribution in [3.05, 3.63) is 45.3 Å². The van der Waals surface area contributed by atoms with Gasteiger partial charge in [-0.15, -0.1) is 0 Å². The van der Waals surface area contributed by atoms with Gasteiger partial charge in [0.2, 0.25) is 0 Å². The third-order valence-corrected chi connectivity index (χ3v) is 1.61. The first-order valence-corrected chi connectivity index (χ1v) is 3.89. The van der Waals surface area contributed by atoms with Crippen molar-refractivity contribution in [2.45, 2.75) is 0 Å². The molecule has 0 radical (unpaired) electrons. The summed E-state index contributed by atoms with van der Waals surface area (Å²) in [6.45, 7) is 0. The highest BCUT2D eigenvalue weighted by atomic mass is 16.8. The Hall–Kier alpha value is -1.96. The molecular formula is C8H8N2O5. The van der Waals surface area contributed by atoms with Crippen LogP contribution in [0.2, 0.25) is 0 Å². The van der Waals surface area contributed by atoms with Gasteiger partial charge in [-0.05, 0) is 11.6 Å². The number of nitro groups is 1. The van der Waals surface area contributed by atoms with E-state index < -0.39 is 21.6 Å². The predicted octanol–water partition coefficient (Wildman–Crippen LogP) is 0.0430. The zero-order valence-corrected chi connectivity index (χ0v) is 7.45. The average molecular weight is 212 g/mol. The van der Waals surface area contributed by atoms with E-state index in [0.717, 1.165) is 18.3 Å². The SMILES string of the molecule is O=[N+]([O-])c1cc(C=C[NH+]([O-])O)ccc1O. The maximum atomic E-state index is 10.4. The van der Waals surface area contributed by atoms with E-state index in [9.17, 15) is 15.3 Å². The molecule has 0 aliphatic heterocycles. The van der Waals surface area contributed by atoms with Gasteiger partial charge in [-0.2, -0.15) is 0 Å². The average Bonchev–Trinajstić information content (AvgIpc) is 2.16. The number of phenols is 1. The first-order valence-electron chi connectivity index (χ1n) is 3.89. The zero-order chi connectivity index (χ0) is 11.4. The molecule has 0 aliphatic rings. The van der Waals surface area contributed by atoms with Crippen LogP contribution < -0.4 is 5.23 Å². The lowest BCUT2D eigenvalue weighted by Crippen LogP contribution is -2.99. The monoisotopic (exact) mass is 212 g/mol. The number of benzene rings is 1. The van der Waals surface area contributed by atoms with Crippen LogP contribution in [0.15, 0.2) is 24.4 Å². The molecule has 1 rings (SSSR count). The first-order chi connectivity index (χ1) is 7.00. The van der Waals surface area contributed by atoms with Crippen LogP contribution in [0.5, 0.6) is 5.75 Å². The van der Waals surface area contributed by atoms with E-state index in [1.807, 2.05) is 0 Å². The highest BCUT2D eigenvalue weighted by Gasteiger charge is 2.12. The smallest absolute Gasteiger partial charge is 0.311 e. The highest BCUT2D eigenvalue weighted by Crippen LogP contribution is 2.26. The molecule has 0 aliphatic carbocycles. The zero-order valence-electron chi connectivity index (χ0n) is 7.45. The summed E-state index contributed by atoms with van der Waals surface area (Å²) in [4.78, 5) is 9.67. The number of quaternary nitrogens is 1. The lowest BCUT2D eigenvalue weighted by Gasteiger charge is -2.04. The molecule has 0 bridgehead atoms. The van der Waals surface area contributed by atoms with Crippen LogP contribution >= 0.6 is 0 Å². The van der Waals surface area contributed by atoms with Gasteiger partial charge in [0.1, 0.15) is 6.20 Å². The third-order valence-electron chi connectivity index (χ3n) is 1.61. The van der Waals surface area contributed by atoms with Crippen LogP contribution in [0.25, 0.3) is 6.08 Å². The molecule has 0 fully saturated rings. The number of nitrogens with one attached hydrogen (secondary N) is 1. The van der Waals surface area contributed by atoms with Crippen molar-refractivity contribution < 1.29 is 20.5 Å². The van der Waals surface area contributed by atoms with Gasteiger partial charge in [0.15, 0.2) is 5.75 Å². The van der Waals surface area contributed by atoms with E-state index in [0.29, 0.717) is 5.56 Å². The number of nitrogens with zero attached hydrogens (tertiary/aromatic N) is 1. The van der Waals surface area contributed by atoms with Crippen LogP contribution in [0.1, 0.15) is 5.56 Å². The van der Waals surface area contributed by atoms with E-state index in [4.69, 9.17) is 10.3 Å². The van der Waals surface area contributed by atoms with E-state index in [1.165, 1.54) is 12.1 Å². The van der Waals surface area contributed by atoms with Crippen LogP contribution in [-0.2, 0) is 0 Å². The van der Waals surface area contributed by atoms with Crippen molar-refractivity contribution >= 4 is 11.8 Å². The molecule has 7 nitrogen and oxygen atoms in total. The second-order valence-electron chi connectivity index (χ2n) is 2.68. The molecule has 0 aromatic heterocycles. The number of hydrogen-bond donors (Lipinski definition) is 3. The Bertz CT molecular complexity index is 402. The molecule has 1 aromatic carbocycles. The number of aromatic hydroxyl groups is 1. The summed E-state index contributed by atoms with van der Waals surface area (Å²) in [5.74, 6) is -0.451. The van der Waals surface area contributed by atoms with Crippen molar-refractivity contribution in [2.24, 2.45) is 0 Å². The van der Waals surface area contributed by atoms with E-state index in [2.05, 4.69) is 0 Å². The molecule has 1 unspecified atom stereocenters. The van der Waals surface area contributed by atoms with Crippen molar-refractivity contribution in [3.63, 3.8) is 0 Å². The van der Waals surface area contributed by atoms with Crippen LogP contribution in [0.3, 0.4) is 0 Å².